The number of hydrogen-bond donors (Lipinski definition) is 1. The van der Waals surface area contributed by atoms with Gasteiger partial charge in [-0.2, -0.15) is 0 Å². The van der Waals surface area contributed by atoms with Crippen molar-refractivity contribution in [2.24, 2.45) is 5.73 Å². The Morgan fingerprint density at radius 1 is 1.33 bits per heavy atom. The van der Waals surface area contributed by atoms with E-state index in [2.05, 4.69) is 24.4 Å². The lowest BCUT2D eigenvalue weighted by Gasteiger charge is -2.05. The summed E-state index contributed by atoms with van der Waals surface area (Å²) in [6, 6.07) is 8.15. The highest BCUT2D eigenvalue weighted by Gasteiger charge is 2.05. The molecule has 0 unspecified atom stereocenters. The van der Waals surface area contributed by atoms with Gasteiger partial charge >= 0.3 is 0 Å². The summed E-state index contributed by atoms with van der Waals surface area (Å²) in [6.07, 6.45) is 0. The molecule has 0 fully saturated rings. The summed E-state index contributed by atoms with van der Waals surface area (Å²) >= 11 is 7.77. The molecule has 0 aliphatic heterocycles. The zero-order chi connectivity index (χ0) is 10.8. The van der Waals surface area contributed by atoms with Crippen LogP contribution in [0.2, 0.25) is 5.02 Å². The van der Waals surface area contributed by atoms with E-state index >= 15 is 0 Å². The molecule has 3 heteroatoms. The summed E-state index contributed by atoms with van der Waals surface area (Å²) in [5.74, 6) is 0. The van der Waals surface area contributed by atoms with Gasteiger partial charge in [-0.15, -0.1) is 11.3 Å². The van der Waals surface area contributed by atoms with Gasteiger partial charge in [0, 0.05) is 16.4 Å². The maximum absolute atomic E-state index is 6.02. The zero-order valence-corrected chi connectivity index (χ0v) is 10.0. The van der Waals surface area contributed by atoms with Crippen LogP contribution >= 0.6 is 22.9 Å². The van der Waals surface area contributed by atoms with Gasteiger partial charge in [-0.3, -0.25) is 0 Å². The lowest BCUT2D eigenvalue weighted by atomic mass is 10.0. The highest BCUT2D eigenvalue weighted by molar-refractivity contribution is 7.10. The van der Waals surface area contributed by atoms with Crippen LogP contribution in [0.5, 0.6) is 0 Å². The predicted molar refractivity (Wildman–Crippen MR) is 67.4 cm³/mol. The summed E-state index contributed by atoms with van der Waals surface area (Å²) in [5, 5.41) is 2.84. The fraction of sp³-hybridized carbons (Fsp3) is 0.167. The highest BCUT2D eigenvalue weighted by atomic mass is 35.5. The van der Waals surface area contributed by atoms with E-state index in [0.717, 1.165) is 10.6 Å². The molecule has 15 heavy (non-hydrogen) atoms. The van der Waals surface area contributed by atoms with Crippen molar-refractivity contribution in [1.82, 2.24) is 0 Å². The fourth-order valence-corrected chi connectivity index (χ4v) is 2.50. The second kappa shape index (κ2) is 4.35. The molecule has 78 valence electrons. The van der Waals surface area contributed by atoms with Crippen LogP contribution in [0, 0.1) is 6.92 Å². The van der Waals surface area contributed by atoms with Gasteiger partial charge in [-0.25, -0.2) is 0 Å². The molecule has 0 saturated heterocycles. The van der Waals surface area contributed by atoms with Gasteiger partial charge in [0.2, 0.25) is 0 Å². The van der Waals surface area contributed by atoms with Crippen molar-refractivity contribution in [1.29, 1.82) is 0 Å². The fourth-order valence-electron chi connectivity index (χ4n) is 1.58. The maximum Gasteiger partial charge on any atom is 0.0451 e. The molecule has 0 bridgehead atoms. The van der Waals surface area contributed by atoms with Crippen LogP contribution in [0.25, 0.3) is 11.1 Å². The molecule has 0 amide bonds. The quantitative estimate of drug-likeness (QED) is 0.844. The standard InChI is InChI=1S/C12H12ClNS/c1-8-11(4-5-15-8)9-2-3-12(13)10(6-9)7-14/h2-6H,7,14H2,1H3. The topological polar surface area (TPSA) is 26.0 Å². The zero-order valence-electron chi connectivity index (χ0n) is 8.46. The number of benzene rings is 1. The summed E-state index contributed by atoms with van der Waals surface area (Å²) in [7, 11) is 0. The molecule has 1 aromatic heterocycles. The van der Waals surface area contributed by atoms with Gasteiger partial charge in [-0.1, -0.05) is 17.7 Å². The van der Waals surface area contributed by atoms with Gasteiger partial charge in [0.15, 0.2) is 0 Å². The summed E-state index contributed by atoms with van der Waals surface area (Å²) < 4.78 is 0. The average molecular weight is 238 g/mol. The molecule has 0 aliphatic rings. The molecule has 1 aromatic carbocycles. The first kappa shape index (κ1) is 10.7. The van der Waals surface area contributed by atoms with E-state index in [0.29, 0.717) is 6.54 Å². The Morgan fingerprint density at radius 3 is 2.73 bits per heavy atom. The predicted octanol–water partition coefficient (Wildman–Crippen LogP) is 3.84. The lowest BCUT2D eigenvalue weighted by molar-refractivity contribution is 1.07. The molecule has 1 heterocycles. The minimum Gasteiger partial charge on any atom is -0.326 e. The number of hydrogen-bond acceptors (Lipinski definition) is 2. The van der Waals surface area contributed by atoms with Gasteiger partial charge in [0.05, 0.1) is 0 Å². The number of rotatable bonds is 2. The molecular weight excluding hydrogens is 226 g/mol. The van der Waals surface area contributed by atoms with E-state index < -0.39 is 0 Å². The van der Waals surface area contributed by atoms with Crippen LogP contribution < -0.4 is 5.73 Å². The Balaban J connectivity index is 2.51. The van der Waals surface area contributed by atoms with Crippen molar-refractivity contribution in [3.05, 3.63) is 45.1 Å². The van der Waals surface area contributed by atoms with Crippen molar-refractivity contribution in [2.75, 3.05) is 0 Å². The second-order valence-corrected chi connectivity index (χ2v) is 4.93. The Labute approximate surface area is 98.5 Å². The maximum atomic E-state index is 6.02. The highest BCUT2D eigenvalue weighted by Crippen LogP contribution is 2.30. The van der Waals surface area contributed by atoms with E-state index in [4.69, 9.17) is 17.3 Å². The first-order valence-corrected chi connectivity index (χ1v) is 6.01. The molecule has 1 nitrogen and oxygen atoms in total. The minimum atomic E-state index is 0.482. The van der Waals surface area contributed by atoms with Crippen molar-refractivity contribution in [2.45, 2.75) is 13.5 Å². The Kier molecular flexibility index (Phi) is 3.10. The molecule has 2 rings (SSSR count). The van der Waals surface area contributed by atoms with Crippen LogP contribution in [-0.2, 0) is 6.54 Å². The van der Waals surface area contributed by atoms with Gasteiger partial charge in [0.25, 0.3) is 0 Å². The molecule has 0 radical (unpaired) electrons. The van der Waals surface area contributed by atoms with Crippen molar-refractivity contribution >= 4 is 22.9 Å². The Bertz CT molecular complexity index is 476. The van der Waals surface area contributed by atoms with Crippen molar-refractivity contribution in [3.63, 3.8) is 0 Å². The van der Waals surface area contributed by atoms with Crippen LogP contribution in [0.1, 0.15) is 10.4 Å². The van der Waals surface area contributed by atoms with E-state index in [1.54, 1.807) is 11.3 Å². The van der Waals surface area contributed by atoms with Gasteiger partial charge < -0.3 is 5.73 Å². The number of halogens is 1. The normalized spacial score (nSPS) is 10.6. The molecule has 2 N–H and O–H groups in total. The first-order chi connectivity index (χ1) is 7.22. The monoisotopic (exact) mass is 237 g/mol. The van der Waals surface area contributed by atoms with Crippen molar-refractivity contribution in [3.8, 4) is 11.1 Å². The molecule has 0 aliphatic carbocycles. The molecule has 2 aromatic rings. The number of thiophene rings is 1. The third-order valence-corrected chi connectivity index (χ3v) is 3.65. The van der Waals surface area contributed by atoms with Gasteiger partial charge in [-0.05, 0) is 47.2 Å². The largest absolute Gasteiger partial charge is 0.326 e. The summed E-state index contributed by atoms with van der Waals surface area (Å²) in [6.45, 7) is 2.60. The molecule has 0 spiro atoms. The molecule has 0 saturated carbocycles. The number of nitrogens with two attached hydrogens (primary N) is 1. The van der Waals surface area contributed by atoms with E-state index in [1.807, 2.05) is 12.1 Å². The molecular formula is C12H12ClNS. The molecule has 0 atom stereocenters. The smallest absolute Gasteiger partial charge is 0.0451 e. The Hall–Kier alpha value is -0.830. The van der Waals surface area contributed by atoms with Crippen LogP contribution in [0.3, 0.4) is 0 Å². The van der Waals surface area contributed by atoms with E-state index in [1.165, 1.54) is 16.0 Å². The lowest BCUT2D eigenvalue weighted by Crippen LogP contribution is -1.97. The van der Waals surface area contributed by atoms with Gasteiger partial charge in [0.1, 0.15) is 0 Å². The second-order valence-electron chi connectivity index (χ2n) is 3.40. The first-order valence-electron chi connectivity index (χ1n) is 4.75. The summed E-state index contributed by atoms with van der Waals surface area (Å²) in [5.41, 5.74) is 9.09. The minimum absolute atomic E-state index is 0.482. The third-order valence-electron chi connectivity index (χ3n) is 2.44. The van der Waals surface area contributed by atoms with E-state index in [-0.39, 0.29) is 0 Å². The average Bonchev–Trinajstić information content (AvgIpc) is 2.65. The van der Waals surface area contributed by atoms with Crippen molar-refractivity contribution < 1.29 is 0 Å². The van der Waals surface area contributed by atoms with Crippen LogP contribution in [-0.4, -0.2) is 0 Å². The summed E-state index contributed by atoms with van der Waals surface area (Å²) in [4.78, 5) is 1.32. The SMILES string of the molecule is Cc1sccc1-c1ccc(Cl)c(CN)c1. The number of aryl methyl sites for hydroxylation is 1. The van der Waals surface area contributed by atoms with E-state index in [9.17, 15) is 0 Å². The third kappa shape index (κ3) is 2.07. The van der Waals surface area contributed by atoms with Crippen LogP contribution in [0.15, 0.2) is 29.6 Å². The Morgan fingerprint density at radius 2 is 2.13 bits per heavy atom. The van der Waals surface area contributed by atoms with Crippen LogP contribution in [0.4, 0.5) is 0 Å².